The molecule has 0 bridgehead atoms. The first-order valence-corrected chi connectivity index (χ1v) is 26.3. The van der Waals surface area contributed by atoms with E-state index in [1.807, 2.05) is 72.5 Å². The minimum atomic E-state index is -0.927. The number of rotatable bonds is 24. The Bertz CT molecular complexity index is 2680. The number of carboxylic acids is 2. The molecule has 1 amide bonds. The van der Waals surface area contributed by atoms with Crippen LogP contribution in [0.4, 0.5) is 5.82 Å². The molecule has 0 aliphatic rings. The fourth-order valence-corrected chi connectivity index (χ4v) is 8.37. The third-order valence-corrected chi connectivity index (χ3v) is 12.8. The monoisotopic (exact) mass is 991 g/mol. The largest absolute Gasteiger partial charge is 0.478 e. The van der Waals surface area contributed by atoms with Gasteiger partial charge in [-0.3, -0.25) is 4.79 Å². The summed E-state index contributed by atoms with van der Waals surface area (Å²) in [4.78, 5) is 39.4. The van der Waals surface area contributed by atoms with Gasteiger partial charge < -0.3 is 25.0 Å². The predicted molar refractivity (Wildman–Crippen MR) is 292 cm³/mol. The number of carbonyl (C=O) groups is 3. The quantitative estimate of drug-likeness (QED) is 0.0402. The number of carbonyl (C=O) groups excluding carboxylic acids is 1. The van der Waals surface area contributed by atoms with Gasteiger partial charge in [-0.2, -0.15) is 0 Å². The number of amides is 1. The Morgan fingerprint density at radius 2 is 1.03 bits per heavy atom. The normalized spacial score (nSPS) is 10.6. The minimum absolute atomic E-state index is 0.146. The molecule has 7 aromatic rings. The molecule has 0 fully saturated rings. The topological polar surface area (TPSA) is 139 Å². The molecule has 2 heterocycles. The molecule has 0 aliphatic heterocycles. The first kappa shape index (κ1) is 56.0. The van der Waals surface area contributed by atoms with Gasteiger partial charge in [0, 0.05) is 30.5 Å². The molecule has 5 aromatic carbocycles. The number of aromatic carboxylic acids is 2. The molecular weight excluding hydrogens is 919 g/mol. The van der Waals surface area contributed by atoms with E-state index in [9.17, 15) is 14.4 Å². The molecule has 0 radical (unpaired) electrons. The van der Waals surface area contributed by atoms with Crippen LogP contribution >= 0.6 is 11.3 Å². The van der Waals surface area contributed by atoms with E-state index in [1.54, 1.807) is 53.9 Å². The third-order valence-electron chi connectivity index (χ3n) is 12.0. The van der Waals surface area contributed by atoms with E-state index in [0.717, 1.165) is 71.0 Å². The number of nitrogens with one attached hydrogen (secondary N) is 1. The summed E-state index contributed by atoms with van der Waals surface area (Å²) in [6, 6.07) is 42.5. The van der Waals surface area contributed by atoms with Gasteiger partial charge in [0.1, 0.15) is 17.3 Å². The van der Waals surface area contributed by atoms with Crippen LogP contribution in [0.3, 0.4) is 0 Å². The van der Waals surface area contributed by atoms with Crippen LogP contribution in [0.1, 0.15) is 138 Å². The zero-order chi connectivity index (χ0) is 51.5. The molecular formula is C61H72N3O7S+. The maximum absolute atomic E-state index is 12.4. The van der Waals surface area contributed by atoms with E-state index < -0.39 is 11.9 Å². The first-order chi connectivity index (χ1) is 35.0. The second-order valence-electron chi connectivity index (χ2n) is 17.8. The number of ether oxygens (including phenoxy) is 2. The number of hydrogen-bond acceptors (Lipinski definition) is 7. The molecule has 0 saturated heterocycles. The molecule has 10 nitrogen and oxygen atoms in total. The maximum atomic E-state index is 12.4. The highest BCUT2D eigenvalue weighted by atomic mass is 32.1. The van der Waals surface area contributed by atoms with Gasteiger partial charge in [-0.15, -0.1) is 4.57 Å². The lowest BCUT2D eigenvalue weighted by Gasteiger charge is -2.07. The van der Waals surface area contributed by atoms with Crippen LogP contribution in [0.5, 0.6) is 5.88 Å². The number of anilines is 1. The Morgan fingerprint density at radius 1 is 0.542 bits per heavy atom. The summed E-state index contributed by atoms with van der Waals surface area (Å²) >= 11 is 1.59. The van der Waals surface area contributed by atoms with Crippen molar-refractivity contribution in [1.29, 1.82) is 0 Å². The number of benzene rings is 5. The summed E-state index contributed by atoms with van der Waals surface area (Å²) in [6.45, 7) is 12.4. The third kappa shape index (κ3) is 18.7. The average Bonchev–Trinajstić information content (AvgIpc) is 3.78. The fourth-order valence-electron chi connectivity index (χ4n) is 7.63. The number of unbranched alkanes of at least 4 members (excludes halogenated alkanes) is 7. The molecule has 0 atom stereocenters. The molecule has 11 heteroatoms. The lowest BCUT2D eigenvalue weighted by molar-refractivity contribution is -0.598. The van der Waals surface area contributed by atoms with Crippen LogP contribution in [-0.4, -0.2) is 52.9 Å². The number of thiazole rings is 1. The number of aryl methyl sites for hydroxylation is 4. The van der Waals surface area contributed by atoms with Crippen molar-refractivity contribution in [3.05, 3.63) is 183 Å². The van der Waals surface area contributed by atoms with E-state index in [-0.39, 0.29) is 11.5 Å². The Labute approximate surface area is 430 Å². The summed E-state index contributed by atoms with van der Waals surface area (Å²) < 4.78 is 13.3. The summed E-state index contributed by atoms with van der Waals surface area (Å²) in [5, 5.41) is 20.7. The summed E-state index contributed by atoms with van der Waals surface area (Å²) in [5.41, 5.74) is 12.3. The van der Waals surface area contributed by atoms with Gasteiger partial charge in [-0.1, -0.05) is 156 Å². The molecule has 3 N–H and O–H groups in total. The standard InChI is InChI=1S/C27H32N2O.C17H21NO4S.C17H18O2/c1-3-4-5-6-7-8-9-22-11-13-23(14-12-22)24-15-17-25(18-16-24)27(30)29-26-19-10-21(2)20-28-26;1-3-4-9-21-10-11-22-16-13(2)23-12-18(16)15-7-5-14(6-8-15)17(19)20;1-2-3-4-13-5-7-14(8-6-13)15-9-11-16(12-10-15)17(18)19/h10-20H,3-9H2,1-2H3,(H,28,29,30);5-8,12H,3-4,9-11H2,1-2H3;5-12H,2-4H2,1H3,(H,18,19)/p+1. The van der Waals surface area contributed by atoms with Crippen LogP contribution in [0, 0.1) is 13.8 Å². The van der Waals surface area contributed by atoms with E-state index in [4.69, 9.17) is 19.7 Å². The zero-order valence-corrected chi connectivity index (χ0v) is 43.5. The highest BCUT2D eigenvalue weighted by Crippen LogP contribution is 2.24. The number of aromatic nitrogens is 2. The van der Waals surface area contributed by atoms with Crippen molar-refractivity contribution in [2.75, 3.05) is 25.1 Å². The molecule has 7 rings (SSSR count). The van der Waals surface area contributed by atoms with Gasteiger partial charge in [0.05, 0.1) is 17.7 Å². The number of hydrogen-bond donors (Lipinski definition) is 3. The van der Waals surface area contributed by atoms with Crippen molar-refractivity contribution in [3.63, 3.8) is 0 Å². The summed E-state index contributed by atoms with van der Waals surface area (Å²) in [6.07, 6.45) is 16.6. The van der Waals surface area contributed by atoms with Crippen molar-refractivity contribution in [1.82, 2.24) is 4.98 Å². The second kappa shape index (κ2) is 30.7. The van der Waals surface area contributed by atoms with Crippen LogP contribution in [0.2, 0.25) is 0 Å². The zero-order valence-electron chi connectivity index (χ0n) is 42.7. The Morgan fingerprint density at radius 3 is 1.54 bits per heavy atom. The Hall–Kier alpha value is -6.95. The summed E-state index contributed by atoms with van der Waals surface area (Å²) in [5.74, 6) is -0.620. The van der Waals surface area contributed by atoms with Gasteiger partial charge in [0.2, 0.25) is 11.2 Å². The molecule has 2 aromatic heterocycles. The predicted octanol–water partition coefficient (Wildman–Crippen LogP) is 14.8. The SMILES string of the molecule is CCCCCCCCc1ccc(-c2ccc(C(=O)Nc3ccc(C)cn3)cc2)cc1.CCCCOCCOc1c(C)sc[n+]1-c1ccc(C(=O)O)cc1.CCCCc1ccc(-c2ccc(C(=O)O)cc2)cc1. The van der Waals surface area contributed by atoms with E-state index in [2.05, 4.69) is 79.6 Å². The Kier molecular flexibility index (Phi) is 23.9. The Balaban J connectivity index is 0.000000206. The van der Waals surface area contributed by atoms with Gasteiger partial charge in [0.25, 0.3) is 5.91 Å². The molecule has 0 aliphatic carbocycles. The number of nitrogens with zero attached hydrogens (tertiary/aromatic N) is 2. The van der Waals surface area contributed by atoms with Crippen LogP contribution < -0.4 is 14.6 Å². The molecule has 0 unspecified atom stereocenters. The smallest absolute Gasteiger partial charge is 0.388 e. The molecule has 0 spiro atoms. The van der Waals surface area contributed by atoms with Crippen LogP contribution in [0.25, 0.3) is 27.9 Å². The molecule has 378 valence electrons. The van der Waals surface area contributed by atoms with Crippen LogP contribution in [-0.2, 0) is 17.6 Å². The van der Waals surface area contributed by atoms with Crippen LogP contribution in [0.15, 0.2) is 145 Å². The fraction of sp³-hybridized carbons (Fsp3) is 0.328. The number of carboxylic acid groups (broad SMARTS) is 2. The second-order valence-corrected chi connectivity index (χ2v) is 18.8. The highest BCUT2D eigenvalue weighted by molar-refractivity contribution is 7.09. The van der Waals surface area contributed by atoms with Gasteiger partial charge in [-0.05, 0) is 127 Å². The van der Waals surface area contributed by atoms with Crippen molar-refractivity contribution in [2.24, 2.45) is 0 Å². The molecule has 0 saturated carbocycles. The lowest BCUT2D eigenvalue weighted by atomic mass is 10.00. The minimum Gasteiger partial charge on any atom is -0.478 e. The van der Waals surface area contributed by atoms with Crippen molar-refractivity contribution in [2.45, 2.75) is 112 Å². The van der Waals surface area contributed by atoms with Crippen molar-refractivity contribution < 1.29 is 38.6 Å². The average molecular weight is 991 g/mol. The van der Waals surface area contributed by atoms with E-state index >= 15 is 0 Å². The van der Waals surface area contributed by atoms with Gasteiger partial charge >= 0.3 is 17.8 Å². The first-order valence-electron chi connectivity index (χ1n) is 25.4. The lowest BCUT2D eigenvalue weighted by Crippen LogP contribution is -2.31. The molecule has 72 heavy (non-hydrogen) atoms. The van der Waals surface area contributed by atoms with Gasteiger partial charge in [0.15, 0.2) is 0 Å². The number of pyridine rings is 1. The van der Waals surface area contributed by atoms with E-state index in [0.29, 0.717) is 30.2 Å². The van der Waals surface area contributed by atoms with Crippen molar-refractivity contribution in [3.8, 4) is 33.8 Å². The highest BCUT2D eigenvalue weighted by Gasteiger charge is 2.21. The van der Waals surface area contributed by atoms with Crippen molar-refractivity contribution >= 4 is 35.0 Å². The summed E-state index contributed by atoms with van der Waals surface area (Å²) in [7, 11) is 0. The van der Waals surface area contributed by atoms with E-state index in [1.165, 1.54) is 68.1 Å². The van der Waals surface area contributed by atoms with Gasteiger partial charge in [-0.25, -0.2) is 14.6 Å². The maximum Gasteiger partial charge on any atom is 0.388 e.